The smallest absolute Gasteiger partial charge is 0.406 e. The minimum Gasteiger partial charge on any atom is -0.406 e. The first-order valence-corrected chi connectivity index (χ1v) is 7.93. The van der Waals surface area contributed by atoms with Gasteiger partial charge in [-0.3, -0.25) is 4.79 Å². The van der Waals surface area contributed by atoms with Crippen LogP contribution in [0.25, 0.3) is 0 Å². The number of hydrogen-bond donors (Lipinski definition) is 0. The topological polar surface area (TPSA) is 29.5 Å². The van der Waals surface area contributed by atoms with Crippen LogP contribution in [0.5, 0.6) is 5.75 Å². The highest BCUT2D eigenvalue weighted by Crippen LogP contribution is 2.30. The molecule has 0 spiro atoms. The normalized spacial score (nSPS) is 14.0. The van der Waals surface area contributed by atoms with E-state index in [0.29, 0.717) is 17.7 Å². The lowest BCUT2D eigenvalue weighted by molar-refractivity contribution is -0.274. The van der Waals surface area contributed by atoms with Crippen LogP contribution in [0.1, 0.15) is 21.5 Å². The molecule has 0 N–H and O–H groups in total. The number of alkyl halides is 3. The minimum absolute atomic E-state index is 0.220. The second kappa shape index (κ2) is 6.23. The largest absolute Gasteiger partial charge is 0.573 e. The molecule has 3 rings (SSSR count). The summed E-state index contributed by atoms with van der Waals surface area (Å²) in [5.74, 6) is -1.05. The van der Waals surface area contributed by atoms with Crippen LogP contribution in [0, 0.1) is 9.39 Å². The predicted octanol–water partition coefficient (Wildman–Crippen LogP) is 4.48. The van der Waals surface area contributed by atoms with Crippen molar-refractivity contribution >= 4 is 28.5 Å². The Balaban J connectivity index is 1.74. The molecule has 0 fully saturated rings. The Kier molecular flexibility index (Phi) is 4.41. The van der Waals surface area contributed by atoms with Crippen LogP contribution in [0.4, 0.5) is 17.6 Å². The predicted molar refractivity (Wildman–Crippen MR) is 85.8 cm³/mol. The zero-order valence-electron chi connectivity index (χ0n) is 12.0. The zero-order chi connectivity index (χ0) is 17.5. The number of carbonyl (C=O) groups is 1. The SMILES string of the molecule is O=C1c2c(ccc(F)c2I)CN1Cc1ccc(OC(F)(F)F)cc1. The Labute approximate surface area is 148 Å². The Morgan fingerprint density at radius 2 is 1.79 bits per heavy atom. The number of nitrogens with zero attached hydrogens (tertiary/aromatic N) is 1. The molecule has 0 atom stereocenters. The van der Waals surface area contributed by atoms with Crippen molar-refractivity contribution in [3.63, 3.8) is 0 Å². The molecule has 0 saturated heterocycles. The van der Waals surface area contributed by atoms with Crippen molar-refractivity contribution in [2.75, 3.05) is 0 Å². The van der Waals surface area contributed by atoms with E-state index in [1.54, 1.807) is 28.7 Å². The maximum atomic E-state index is 13.6. The van der Waals surface area contributed by atoms with Crippen molar-refractivity contribution in [1.29, 1.82) is 0 Å². The average molecular weight is 451 g/mol. The van der Waals surface area contributed by atoms with Crippen molar-refractivity contribution in [1.82, 2.24) is 4.90 Å². The Hall–Kier alpha value is -1.84. The Morgan fingerprint density at radius 1 is 1.12 bits per heavy atom. The number of halogens is 5. The van der Waals surface area contributed by atoms with Gasteiger partial charge in [0.05, 0.1) is 9.13 Å². The van der Waals surface area contributed by atoms with Crippen LogP contribution in [0.2, 0.25) is 0 Å². The molecule has 2 aromatic carbocycles. The van der Waals surface area contributed by atoms with E-state index in [9.17, 15) is 22.4 Å². The van der Waals surface area contributed by atoms with Gasteiger partial charge in [0, 0.05) is 13.1 Å². The summed E-state index contributed by atoms with van der Waals surface area (Å²) >= 11 is 1.80. The van der Waals surface area contributed by atoms with Gasteiger partial charge in [-0.15, -0.1) is 13.2 Å². The fraction of sp³-hybridized carbons (Fsp3) is 0.188. The second-order valence-electron chi connectivity index (χ2n) is 5.25. The van der Waals surface area contributed by atoms with Crippen LogP contribution in [-0.2, 0) is 13.1 Å². The van der Waals surface area contributed by atoms with E-state index in [1.165, 1.54) is 35.2 Å². The maximum absolute atomic E-state index is 13.6. The van der Waals surface area contributed by atoms with Gasteiger partial charge >= 0.3 is 6.36 Å². The molecule has 0 radical (unpaired) electrons. The second-order valence-corrected chi connectivity index (χ2v) is 6.33. The van der Waals surface area contributed by atoms with Crippen LogP contribution < -0.4 is 4.74 Å². The van der Waals surface area contributed by atoms with E-state index < -0.39 is 12.2 Å². The molecule has 1 heterocycles. The van der Waals surface area contributed by atoms with Crippen molar-refractivity contribution in [3.05, 3.63) is 62.5 Å². The van der Waals surface area contributed by atoms with E-state index in [4.69, 9.17) is 0 Å². The molecule has 24 heavy (non-hydrogen) atoms. The van der Waals surface area contributed by atoms with Gasteiger partial charge in [-0.05, 0) is 51.9 Å². The first-order chi connectivity index (χ1) is 11.2. The van der Waals surface area contributed by atoms with E-state index in [-0.39, 0.29) is 21.8 Å². The number of amides is 1. The highest BCUT2D eigenvalue weighted by atomic mass is 127. The summed E-state index contributed by atoms with van der Waals surface area (Å²) in [6.07, 6.45) is -4.74. The first kappa shape index (κ1) is 17.0. The molecule has 0 aliphatic carbocycles. The summed E-state index contributed by atoms with van der Waals surface area (Å²) in [6, 6.07) is 8.21. The molecule has 0 saturated carbocycles. The van der Waals surface area contributed by atoms with Gasteiger partial charge in [0.25, 0.3) is 5.91 Å². The van der Waals surface area contributed by atoms with Crippen molar-refractivity contribution in [3.8, 4) is 5.75 Å². The summed E-state index contributed by atoms with van der Waals surface area (Å²) in [4.78, 5) is 13.9. The maximum Gasteiger partial charge on any atom is 0.573 e. The summed E-state index contributed by atoms with van der Waals surface area (Å²) in [5.41, 5.74) is 1.75. The van der Waals surface area contributed by atoms with Crippen molar-refractivity contribution in [2.45, 2.75) is 19.5 Å². The van der Waals surface area contributed by atoms with Crippen LogP contribution in [-0.4, -0.2) is 17.2 Å². The molecule has 2 aromatic rings. The highest BCUT2D eigenvalue weighted by Gasteiger charge is 2.32. The molecule has 0 bridgehead atoms. The summed E-state index contributed by atoms with van der Waals surface area (Å²) in [7, 11) is 0. The monoisotopic (exact) mass is 451 g/mol. The lowest BCUT2D eigenvalue weighted by Crippen LogP contribution is -2.23. The number of hydrogen-bond acceptors (Lipinski definition) is 2. The Bertz CT molecular complexity index is 790. The average Bonchev–Trinajstić information content (AvgIpc) is 2.81. The van der Waals surface area contributed by atoms with Gasteiger partial charge in [-0.1, -0.05) is 18.2 Å². The molecular weight excluding hydrogens is 441 g/mol. The number of carbonyl (C=O) groups excluding carboxylic acids is 1. The fourth-order valence-electron chi connectivity index (χ4n) is 2.53. The quantitative estimate of drug-likeness (QED) is 0.509. The van der Waals surface area contributed by atoms with E-state index in [0.717, 1.165) is 5.56 Å². The van der Waals surface area contributed by atoms with Crippen LogP contribution in [0.3, 0.4) is 0 Å². The molecule has 0 aromatic heterocycles. The van der Waals surface area contributed by atoms with E-state index >= 15 is 0 Å². The summed E-state index contributed by atoms with van der Waals surface area (Å²) in [5, 5.41) is 0. The van der Waals surface area contributed by atoms with Gasteiger partial charge in [0.15, 0.2) is 0 Å². The number of rotatable bonds is 3. The third kappa shape index (κ3) is 3.47. The van der Waals surface area contributed by atoms with Gasteiger partial charge in [0.2, 0.25) is 0 Å². The third-order valence-corrected chi connectivity index (χ3v) is 4.63. The summed E-state index contributed by atoms with van der Waals surface area (Å²) in [6.45, 7) is 0.558. The van der Waals surface area contributed by atoms with Crippen molar-refractivity contribution in [2.24, 2.45) is 0 Å². The molecule has 8 heteroatoms. The molecule has 1 aliphatic rings. The van der Waals surface area contributed by atoms with E-state index in [2.05, 4.69) is 4.74 Å². The lowest BCUT2D eigenvalue weighted by Gasteiger charge is -2.16. The fourth-order valence-corrected chi connectivity index (χ4v) is 3.29. The van der Waals surface area contributed by atoms with Crippen LogP contribution >= 0.6 is 22.6 Å². The number of benzene rings is 2. The van der Waals surface area contributed by atoms with Crippen molar-refractivity contribution < 1.29 is 27.1 Å². The molecule has 0 unspecified atom stereocenters. The van der Waals surface area contributed by atoms with Gasteiger partial charge < -0.3 is 9.64 Å². The standard InChI is InChI=1S/C16H10F4INO2/c17-12-6-3-10-8-22(15(23)13(10)14(12)21)7-9-1-4-11(5-2-9)24-16(18,19)20/h1-6H,7-8H2. The zero-order valence-corrected chi connectivity index (χ0v) is 14.2. The third-order valence-electron chi connectivity index (χ3n) is 3.57. The lowest BCUT2D eigenvalue weighted by atomic mass is 10.1. The van der Waals surface area contributed by atoms with E-state index in [1.807, 2.05) is 0 Å². The number of ether oxygens (including phenoxy) is 1. The Morgan fingerprint density at radius 3 is 2.42 bits per heavy atom. The number of fused-ring (bicyclic) bond motifs is 1. The van der Waals surface area contributed by atoms with Gasteiger partial charge in [-0.2, -0.15) is 0 Å². The van der Waals surface area contributed by atoms with Gasteiger partial charge in [0.1, 0.15) is 11.6 Å². The minimum atomic E-state index is -4.74. The molecule has 1 aliphatic heterocycles. The first-order valence-electron chi connectivity index (χ1n) is 6.85. The summed E-state index contributed by atoms with van der Waals surface area (Å²) < 4.78 is 54.1. The molecule has 3 nitrogen and oxygen atoms in total. The molecule has 126 valence electrons. The highest BCUT2D eigenvalue weighted by molar-refractivity contribution is 14.1. The molecule has 1 amide bonds. The molecular formula is C16H10F4INO2. The van der Waals surface area contributed by atoms with Crippen LogP contribution in [0.15, 0.2) is 36.4 Å². The van der Waals surface area contributed by atoms with Gasteiger partial charge in [-0.25, -0.2) is 4.39 Å².